The first-order valence-electron chi connectivity index (χ1n) is 6.06. The summed E-state index contributed by atoms with van der Waals surface area (Å²) in [6.45, 7) is 1.63. The van der Waals surface area contributed by atoms with Gasteiger partial charge in [0.25, 0.3) is 10.0 Å². The fourth-order valence-electron chi connectivity index (χ4n) is 1.50. The Kier molecular flexibility index (Phi) is 4.95. The number of thiophene rings is 1. The second kappa shape index (κ2) is 6.75. The van der Waals surface area contributed by atoms with E-state index in [1.54, 1.807) is 12.3 Å². The summed E-state index contributed by atoms with van der Waals surface area (Å²) in [5.74, 6) is -0.219. The summed E-state index contributed by atoms with van der Waals surface area (Å²) in [6, 6.07) is -1.21. The molecule has 0 saturated heterocycles. The van der Waals surface area contributed by atoms with Crippen LogP contribution in [0.15, 0.2) is 15.7 Å². The molecule has 0 fully saturated rings. The van der Waals surface area contributed by atoms with Crippen LogP contribution in [0.2, 0.25) is 0 Å². The molecule has 0 aliphatic carbocycles. The molecule has 2 rings (SSSR count). The van der Waals surface area contributed by atoms with Crippen LogP contribution in [0.1, 0.15) is 5.56 Å². The largest absolute Gasteiger partial charge is 0.467 e. The molecule has 0 saturated carbocycles. The number of nitrogens with zero attached hydrogens (tertiary/aromatic N) is 3. The van der Waals surface area contributed by atoms with Gasteiger partial charge in [-0.25, -0.2) is 17.9 Å². The number of methoxy groups -OCH3 is 2. The smallest absolute Gasteiger partial charge is 0.335 e. The van der Waals surface area contributed by atoms with Gasteiger partial charge >= 0.3 is 18.1 Å². The highest BCUT2D eigenvalue weighted by Gasteiger charge is 2.21. The molecule has 0 atom stereocenters. The maximum absolute atomic E-state index is 12.1. The molecule has 0 unspecified atom stereocenters. The Bertz CT molecular complexity index is 798. The minimum Gasteiger partial charge on any atom is -0.467 e. The Morgan fingerprint density at radius 2 is 1.74 bits per heavy atom. The van der Waals surface area contributed by atoms with E-state index in [2.05, 4.69) is 20.3 Å². The lowest BCUT2D eigenvalue weighted by Gasteiger charge is -2.08. The van der Waals surface area contributed by atoms with E-state index in [4.69, 9.17) is 9.47 Å². The summed E-state index contributed by atoms with van der Waals surface area (Å²) >= 11 is 1.22. The summed E-state index contributed by atoms with van der Waals surface area (Å²) in [6.07, 6.45) is 0. The third-order valence-electron chi connectivity index (χ3n) is 2.51. The molecular weight excluding hydrogens is 346 g/mol. The van der Waals surface area contributed by atoms with E-state index in [0.717, 1.165) is 0 Å². The van der Waals surface area contributed by atoms with Crippen molar-refractivity contribution in [3.63, 3.8) is 0 Å². The normalized spacial score (nSPS) is 10.9. The molecule has 23 heavy (non-hydrogen) atoms. The van der Waals surface area contributed by atoms with Crippen LogP contribution in [0.5, 0.6) is 12.0 Å². The third-order valence-corrected chi connectivity index (χ3v) is 4.99. The lowest BCUT2D eigenvalue weighted by molar-refractivity contribution is 0.256. The minimum atomic E-state index is -3.98. The SMILES string of the molecule is COc1nc(NC(=O)NS(=O)(=O)c2cscc2C)nc(OC)n1. The van der Waals surface area contributed by atoms with Crippen molar-refractivity contribution in [1.29, 1.82) is 0 Å². The Balaban J connectivity index is 2.15. The van der Waals surface area contributed by atoms with Gasteiger partial charge in [0, 0.05) is 5.38 Å². The number of ether oxygens (including phenoxy) is 2. The minimum absolute atomic E-state index is 0.0310. The summed E-state index contributed by atoms with van der Waals surface area (Å²) in [4.78, 5) is 23.2. The predicted octanol–water partition coefficient (Wildman–Crippen LogP) is 0.769. The lowest BCUT2D eigenvalue weighted by Crippen LogP contribution is -2.35. The van der Waals surface area contributed by atoms with Crippen LogP contribution >= 0.6 is 11.3 Å². The summed E-state index contributed by atoms with van der Waals surface area (Å²) in [5.41, 5.74) is 0.541. The monoisotopic (exact) mass is 359 g/mol. The predicted molar refractivity (Wildman–Crippen MR) is 81.3 cm³/mol. The molecule has 124 valence electrons. The van der Waals surface area contributed by atoms with Crippen LogP contribution in [-0.4, -0.2) is 43.6 Å². The first kappa shape index (κ1) is 16.9. The molecule has 2 N–H and O–H groups in total. The highest BCUT2D eigenvalue weighted by molar-refractivity contribution is 7.90. The quantitative estimate of drug-likeness (QED) is 0.800. The molecule has 0 aliphatic heterocycles. The second-order valence-electron chi connectivity index (χ2n) is 4.11. The Morgan fingerprint density at radius 3 is 2.22 bits per heavy atom. The Labute approximate surface area is 135 Å². The van der Waals surface area contributed by atoms with Gasteiger partial charge in [-0.1, -0.05) is 0 Å². The topological polar surface area (TPSA) is 132 Å². The maximum atomic E-state index is 12.1. The van der Waals surface area contributed by atoms with E-state index in [-0.39, 0.29) is 22.9 Å². The summed E-state index contributed by atoms with van der Waals surface area (Å²) in [7, 11) is -1.34. The number of rotatable bonds is 5. The zero-order chi connectivity index (χ0) is 17.0. The molecule has 0 aromatic carbocycles. The number of carbonyl (C=O) groups excluding carboxylic acids is 1. The summed E-state index contributed by atoms with van der Waals surface area (Å²) < 4.78 is 35.7. The highest BCUT2D eigenvalue weighted by atomic mass is 32.2. The molecular formula is C11H13N5O5S2. The number of nitrogens with one attached hydrogen (secondary N) is 2. The molecule has 12 heteroatoms. The van der Waals surface area contributed by atoms with Crippen LogP contribution in [0.3, 0.4) is 0 Å². The summed E-state index contributed by atoms with van der Waals surface area (Å²) in [5, 5.41) is 5.27. The molecule has 2 aromatic rings. The number of sulfonamides is 1. The zero-order valence-electron chi connectivity index (χ0n) is 12.4. The number of hydrogen-bond donors (Lipinski definition) is 2. The van der Waals surface area contributed by atoms with Gasteiger partial charge in [-0.3, -0.25) is 5.32 Å². The zero-order valence-corrected chi connectivity index (χ0v) is 14.0. The van der Waals surface area contributed by atoms with Crippen molar-refractivity contribution >= 4 is 33.3 Å². The van der Waals surface area contributed by atoms with Crippen LogP contribution in [-0.2, 0) is 10.0 Å². The van der Waals surface area contributed by atoms with Gasteiger partial charge in [0.2, 0.25) is 5.95 Å². The van der Waals surface area contributed by atoms with Crippen molar-refractivity contribution in [3.8, 4) is 12.0 Å². The van der Waals surface area contributed by atoms with Crippen LogP contribution < -0.4 is 19.5 Å². The van der Waals surface area contributed by atoms with E-state index in [1.807, 2.05) is 4.72 Å². The number of aromatic nitrogens is 3. The van der Waals surface area contributed by atoms with Gasteiger partial charge in [0.1, 0.15) is 4.90 Å². The van der Waals surface area contributed by atoms with Gasteiger partial charge in [0.15, 0.2) is 0 Å². The van der Waals surface area contributed by atoms with E-state index in [9.17, 15) is 13.2 Å². The standard InChI is InChI=1S/C11H13N5O5S2/c1-6-4-22-5-7(6)23(18,19)16-9(17)12-8-13-10(20-2)15-11(14-8)21-3/h4-5H,1-3H3,(H2,12,13,14,15,16,17). The fraction of sp³-hybridized carbons (Fsp3) is 0.273. The van der Waals surface area contributed by atoms with Crippen molar-refractivity contribution in [3.05, 3.63) is 16.3 Å². The van der Waals surface area contributed by atoms with E-state index < -0.39 is 16.1 Å². The van der Waals surface area contributed by atoms with Crippen LogP contribution in [0, 0.1) is 6.92 Å². The number of aryl methyl sites for hydroxylation is 1. The van der Waals surface area contributed by atoms with Crippen LogP contribution in [0.25, 0.3) is 0 Å². The van der Waals surface area contributed by atoms with Gasteiger partial charge in [-0.05, 0) is 17.9 Å². The first-order valence-corrected chi connectivity index (χ1v) is 8.49. The van der Waals surface area contributed by atoms with Crippen molar-refractivity contribution in [1.82, 2.24) is 19.7 Å². The van der Waals surface area contributed by atoms with E-state index in [0.29, 0.717) is 5.56 Å². The highest BCUT2D eigenvalue weighted by Crippen LogP contribution is 2.19. The first-order chi connectivity index (χ1) is 10.9. The number of anilines is 1. The van der Waals surface area contributed by atoms with Gasteiger partial charge in [-0.2, -0.15) is 21.3 Å². The molecule has 0 radical (unpaired) electrons. The number of carbonyl (C=O) groups is 1. The van der Waals surface area contributed by atoms with Gasteiger partial charge in [0.05, 0.1) is 14.2 Å². The maximum Gasteiger partial charge on any atom is 0.335 e. The molecule has 2 amide bonds. The van der Waals surface area contributed by atoms with E-state index >= 15 is 0 Å². The van der Waals surface area contributed by atoms with Crippen molar-refractivity contribution < 1.29 is 22.7 Å². The average Bonchev–Trinajstić information content (AvgIpc) is 2.93. The molecule has 0 aliphatic rings. The average molecular weight is 359 g/mol. The third kappa shape index (κ3) is 4.04. The molecule has 2 aromatic heterocycles. The Hall–Kier alpha value is -2.47. The van der Waals surface area contributed by atoms with Crippen LogP contribution in [0.4, 0.5) is 10.7 Å². The van der Waals surface area contributed by atoms with E-state index in [1.165, 1.54) is 30.9 Å². The lowest BCUT2D eigenvalue weighted by atomic mass is 10.4. The van der Waals surface area contributed by atoms with Gasteiger partial charge < -0.3 is 9.47 Å². The fourth-order valence-corrected chi connectivity index (χ4v) is 3.85. The molecule has 0 spiro atoms. The van der Waals surface area contributed by atoms with Crippen molar-refractivity contribution in [2.75, 3.05) is 19.5 Å². The van der Waals surface area contributed by atoms with Crippen molar-refractivity contribution in [2.45, 2.75) is 11.8 Å². The number of urea groups is 1. The molecule has 0 bridgehead atoms. The number of amides is 2. The molecule has 10 nitrogen and oxygen atoms in total. The second-order valence-corrected chi connectivity index (χ2v) is 6.51. The van der Waals surface area contributed by atoms with Crippen molar-refractivity contribution in [2.24, 2.45) is 0 Å². The van der Waals surface area contributed by atoms with Gasteiger partial charge in [-0.15, -0.1) is 4.98 Å². The Morgan fingerprint density at radius 1 is 1.13 bits per heavy atom. The number of hydrogen-bond acceptors (Lipinski definition) is 9. The molecule has 2 heterocycles.